The zero-order valence-corrected chi connectivity index (χ0v) is 15.0. The predicted octanol–water partition coefficient (Wildman–Crippen LogP) is 2.60. The maximum atomic E-state index is 12.4. The molecule has 0 aliphatic carbocycles. The molecule has 7 heteroatoms. The van der Waals surface area contributed by atoms with E-state index >= 15 is 0 Å². The molecular formula is C19H18N2O4S. The molecule has 0 spiro atoms. The van der Waals surface area contributed by atoms with Crippen LogP contribution in [0.3, 0.4) is 0 Å². The third kappa shape index (κ3) is 2.89. The van der Waals surface area contributed by atoms with Gasteiger partial charge < -0.3 is 9.88 Å². The minimum absolute atomic E-state index is 0.111. The molecule has 0 saturated heterocycles. The van der Waals surface area contributed by atoms with E-state index in [0.717, 1.165) is 22.0 Å². The Hall–Kier alpha value is -2.64. The molecule has 6 nitrogen and oxygen atoms in total. The highest BCUT2D eigenvalue weighted by Gasteiger charge is 2.21. The van der Waals surface area contributed by atoms with Crippen LogP contribution in [0.25, 0.3) is 10.9 Å². The average molecular weight is 370 g/mol. The highest BCUT2D eigenvalue weighted by molar-refractivity contribution is 7.86. The van der Waals surface area contributed by atoms with Crippen molar-refractivity contribution < 1.29 is 17.4 Å². The summed E-state index contributed by atoms with van der Waals surface area (Å²) < 4.78 is 31.8. The second-order valence-corrected chi connectivity index (χ2v) is 7.96. The largest absolute Gasteiger partial charge is 0.352 e. The van der Waals surface area contributed by atoms with Crippen molar-refractivity contribution in [1.82, 2.24) is 9.88 Å². The van der Waals surface area contributed by atoms with E-state index in [1.165, 1.54) is 12.1 Å². The summed E-state index contributed by atoms with van der Waals surface area (Å²) in [5, 5.41) is 3.72. The van der Waals surface area contributed by atoms with Gasteiger partial charge in [-0.15, -0.1) is 0 Å². The van der Waals surface area contributed by atoms with Crippen LogP contribution in [-0.4, -0.2) is 25.4 Å². The highest BCUT2D eigenvalue weighted by atomic mass is 32.2. The maximum Gasteiger partial charge on any atom is 0.298 e. The van der Waals surface area contributed by atoms with Crippen LogP contribution >= 0.6 is 0 Å². The number of aryl methyl sites for hydroxylation is 1. The summed E-state index contributed by atoms with van der Waals surface area (Å²) >= 11 is 0. The van der Waals surface area contributed by atoms with E-state index in [9.17, 15) is 13.2 Å². The summed E-state index contributed by atoms with van der Waals surface area (Å²) in [7, 11) is -3.85. The van der Waals surface area contributed by atoms with E-state index in [1.54, 1.807) is 28.8 Å². The molecular weight excluding hydrogens is 352 g/mol. The number of amides is 1. The second-order valence-electron chi connectivity index (χ2n) is 6.34. The molecule has 1 N–H and O–H groups in total. The van der Waals surface area contributed by atoms with Crippen molar-refractivity contribution in [1.29, 1.82) is 0 Å². The number of aromatic nitrogens is 1. The minimum atomic E-state index is -3.85. The fourth-order valence-corrected chi connectivity index (χ4v) is 4.09. The third-order valence-corrected chi connectivity index (χ3v) is 5.83. The SMILES string of the molecule is Cc1ccc(S(=O)(=O)OCn2cc3c4c(cccc42)C(=O)NCC3)cc1. The van der Waals surface area contributed by atoms with Crippen molar-refractivity contribution in [2.24, 2.45) is 0 Å². The molecule has 0 atom stereocenters. The van der Waals surface area contributed by atoms with Crippen LogP contribution in [-0.2, 0) is 27.5 Å². The van der Waals surface area contributed by atoms with Gasteiger partial charge >= 0.3 is 0 Å². The van der Waals surface area contributed by atoms with Crippen molar-refractivity contribution in [3.63, 3.8) is 0 Å². The lowest BCUT2D eigenvalue weighted by Crippen LogP contribution is -2.23. The number of benzene rings is 2. The summed E-state index contributed by atoms with van der Waals surface area (Å²) in [4.78, 5) is 12.3. The number of carbonyl (C=O) groups excluding carboxylic acids is 1. The van der Waals surface area contributed by atoms with Gasteiger partial charge in [0, 0.05) is 23.7 Å². The first-order valence-corrected chi connectivity index (χ1v) is 9.71. The summed E-state index contributed by atoms with van der Waals surface area (Å²) in [5.41, 5.74) is 3.37. The van der Waals surface area contributed by atoms with Crippen molar-refractivity contribution in [3.8, 4) is 0 Å². The van der Waals surface area contributed by atoms with Gasteiger partial charge in [0.25, 0.3) is 16.0 Å². The van der Waals surface area contributed by atoms with E-state index < -0.39 is 10.1 Å². The number of hydrogen-bond donors (Lipinski definition) is 1. The van der Waals surface area contributed by atoms with Crippen LogP contribution in [0.1, 0.15) is 21.5 Å². The van der Waals surface area contributed by atoms with Crippen LogP contribution in [0, 0.1) is 6.92 Å². The molecule has 4 rings (SSSR count). The standard InChI is InChI=1S/C19H18N2O4S/c1-13-5-7-15(8-6-13)26(23,24)25-12-21-11-14-9-10-20-19(22)16-3-2-4-17(21)18(14)16/h2-8,11H,9-10,12H2,1H3,(H,20,22). The summed E-state index contributed by atoms with van der Waals surface area (Å²) in [6.45, 7) is 2.30. The lowest BCUT2D eigenvalue weighted by atomic mass is 10.1. The summed E-state index contributed by atoms with van der Waals surface area (Å²) in [6.07, 6.45) is 2.55. The Morgan fingerprint density at radius 2 is 1.92 bits per heavy atom. The summed E-state index contributed by atoms with van der Waals surface area (Å²) in [6, 6.07) is 12.0. The van der Waals surface area contributed by atoms with Gasteiger partial charge in [-0.1, -0.05) is 23.8 Å². The number of hydrogen-bond acceptors (Lipinski definition) is 4. The molecule has 0 unspecified atom stereocenters. The van der Waals surface area contributed by atoms with Crippen LogP contribution in [0.2, 0.25) is 0 Å². The Bertz CT molecular complexity index is 1100. The van der Waals surface area contributed by atoms with Gasteiger partial charge in [-0.2, -0.15) is 8.42 Å². The number of nitrogens with one attached hydrogen (secondary N) is 1. The molecule has 1 aromatic heterocycles. The quantitative estimate of drug-likeness (QED) is 0.716. The van der Waals surface area contributed by atoms with E-state index in [1.807, 2.05) is 19.2 Å². The van der Waals surface area contributed by atoms with Crippen LogP contribution in [0.5, 0.6) is 0 Å². The Labute approximate surface area is 151 Å². The Balaban J connectivity index is 1.67. The maximum absolute atomic E-state index is 12.4. The molecule has 0 bridgehead atoms. The lowest BCUT2D eigenvalue weighted by Gasteiger charge is -2.09. The van der Waals surface area contributed by atoms with Crippen molar-refractivity contribution in [2.75, 3.05) is 6.54 Å². The molecule has 0 radical (unpaired) electrons. The van der Waals surface area contributed by atoms with E-state index in [4.69, 9.17) is 4.18 Å². The van der Waals surface area contributed by atoms with E-state index in [2.05, 4.69) is 5.32 Å². The van der Waals surface area contributed by atoms with Crippen molar-refractivity contribution in [2.45, 2.75) is 25.0 Å². The molecule has 2 aromatic carbocycles. The molecule has 2 heterocycles. The van der Waals surface area contributed by atoms with Gasteiger partial charge in [0.15, 0.2) is 0 Å². The summed E-state index contributed by atoms with van der Waals surface area (Å²) in [5.74, 6) is -0.111. The van der Waals surface area contributed by atoms with Crippen molar-refractivity contribution in [3.05, 3.63) is 65.4 Å². The Morgan fingerprint density at radius 1 is 1.15 bits per heavy atom. The zero-order chi connectivity index (χ0) is 18.3. The fraction of sp³-hybridized carbons (Fsp3) is 0.211. The number of rotatable bonds is 4. The molecule has 0 saturated carbocycles. The van der Waals surface area contributed by atoms with Crippen LogP contribution in [0.15, 0.2) is 53.6 Å². The second kappa shape index (κ2) is 6.26. The number of carbonyl (C=O) groups is 1. The van der Waals surface area contributed by atoms with Gasteiger partial charge in [0.05, 0.1) is 10.4 Å². The topological polar surface area (TPSA) is 77.4 Å². The highest BCUT2D eigenvalue weighted by Crippen LogP contribution is 2.28. The molecule has 3 aromatic rings. The normalized spacial score (nSPS) is 14.3. The molecule has 0 fully saturated rings. The fourth-order valence-electron chi connectivity index (χ4n) is 3.23. The predicted molar refractivity (Wildman–Crippen MR) is 97.4 cm³/mol. The molecule has 26 heavy (non-hydrogen) atoms. The Kier molecular flexibility index (Phi) is 4.05. The molecule has 1 amide bonds. The smallest absolute Gasteiger partial charge is 0.298 e. The van der Waals surface area contributed by atoms with Gasteiger partial charge in [0.2, 0.25) is 0 Å². The van der Waals surface area contributed by atoms with Crippen LogP contribution in [0.4, 0.5) is 0 Å². The third-order valence-electron chi connectivity index (χ3n) is 4.57. The van der Waals surface area contributed by atoms with E-state index in [-0.39, 0.29) is 17.5 Å². The monoisotopic (exact) mass is 370 g/mol. The molecule has 1 aliphatic rings. The zero-order valence-electron chi connectivity index (χ0n) is 14.2. The first-order chi connectivity index (χ1) is 12.5. The minimum Gasteiger partial charge on any atom is -0.352 e. The first-order valence-electron chi connectivity index (χ1n) is 8.31. The van der Waals surface area contributed by atoms with Gasteiger partial charge in [-0.3, -0.25) is 4.79 Å². The molecule has 1 aliphatic heterocycles. The van der Waals surface area contributed by atoms with Gasteiger partial charge in [-0.25, -0.2) is 4.18 Å². The average Bonchev–Trinajstić information content (AvgIpc) is 2.89. The lowest BCUT2D eigenvalue weighted by molar-refractivity contribution is 0.0957. The first kappa shape index (κ1) is 16.8. The van der Waals surface area contributed by atoms with Gasteiger partial charge in [0.1, 0.15) is 6.73 Å². The van der Waals surface area contributed by atoms with Crippen molar-refractivity contribution >= 4 is 26.9 Å². The van der Waals surface area contributed by atoms with Crippen LogP contribution < -0.4 is 5.32 Å². The van der Waals surface area contributed by atoms with Gasteiger partial charge in [-0.05, 0) is 43.2 Å². The number of nitrogens with zero attached hydrogens (tertiary/aromatic N) is 1. The van der Waals surface area contributed by atoms with E-state index in [0.29, 0.717) is 18.5 Å². The Morgan fingerprint density at radius 3 is 2.69 bits per heavy atom. The molecule has 134 valence electrons.